The molecule has 0 heterocycles. The number of carbonyl (C=O) groups is 12. The highest BCUT2D eigenvalue weighted by Gasteiger charge is 2.18. The van der Waals surface area contributed by atoms with Gasteiger partial charge in [0.25, 0.3) is 0 Å². The van der Waals surface area contributed by atoms with E-state index in [0.717, 1.165) is 0 Å². The maximum Gasteiger partial charge on any atom is 0.336 e. The van der Waals surface area contributed by atoms with Crippen molar-refractivity contribution in [2.75, 3.05) is 0 Å². The molecule has 6 aromatic carbocycles. The topological polar surface area (TPSA) is 448 Å². The van der Waals surface area contributed by atoms with E-state index in [1.165, 1.54) is 146 Å². The van der Waals surface area contributed by atoms with E-state index in [1.54, 1.807) is 0 Å². The fourth-order valence-corrected chi connectivity index (χ4v) is 5.14. The van der Waals surface area contributed by atoms with Crippen LogP contribution in [-0.4, -0.2) is 133 Å². The third kappa shape index (κ3) is 18.7. The van der Waals surface area contributed by atoms with Gasteiger partial charge in [-0.05, 0) is 72.8 Å². The van der Waals surface area contributed by atoms with Crippen LogP contribution in [0.5, 0.6) is 0 Å². The lowest BCUT2D eigenvalue weighted by atomic mass is 10.1. The van der Waals surface area contributed by atoms with E-state index in [4.69, 9.17) is 61.3 Å². The molecule has 0 radical (unpaired) electrons. The monoisotopic (exact) mass is 996 g/mol. The zero-order valence-corrected chi connectivity index (χ0v) is 36.1. The number of aromatic carboxylic acids is 12. The fraction of sp³-hybridized carbons (Fsp3) is 0. The molecule has 0 atom stereocenters. The van der Waals surface area contributed by atoms with Gasteiger partial charge in [-0.2, -0.15) is 0 Å². The van der Waals surface area contributed by atoms with Gasteiger partial charge in [-0.25, -0.2) is 57.5 Å². The predicted octanol–water partition coefficient (Wildman–Crippen LogP) is 6.50. The van der Waals surface area contributed by atoms with Crippen molar-refractivity contribution in [2.24, 2.45) is 0 Å². The molecule has 0 aromatic heterocycles. The molecule has 372 valence electrons. The summed E-state index contributed by atoms with van der Waals surface area (Å²) in [4.78, 5) is 126. The Morgan fingerprint density at radius 2 is 0.208 bits per heavy atom. The highest BCUT2D eigenvalue weighted by atomic mass is 16.4. The molecule has 0 saturated carbocycles. The number of hydrogen-bond donors (Lipinski definition) is 12. The highest BCUT2D eigenvalue weighted by Crippen LogP contribution is 2.12. The minimum atomic E-state index is -1.23. The molecule has 6 aromatic rings. The van der Waals surface area contributed by atoms with Crippen molar-refractivity contribution in [3.63, 3.8) is 0 Å². The van der Waals surface area contributed by atoms with E-state index in [1.807, 2.05) is 0 Å². The Morgan fingerprint density at radius 1 is 0.153 bits per heavy atom. The molecule has 6 rings (SSSR count). The van der Waals surface area contributed by atoms with E-state index < -0.39 is 71.6 Å². The first-order chi connectivity index (χ1) is 33.8. The van der Waals surface area contributed by atoms with Gasteiger partial charge in [0.1, 0.15) is 0 Å². The average Bonchev–Trinajstić information content (AvgIpc) is 3.34. The maximum atomic E-state index is 10.5. The quantitative estimate of drug-likeness (QED) is 0.0622. The van der Waals surface area contributed by atoms with Crippen molar-refractivity contribution < 1.29 is 119 Å². The van der Waals surface area contributed by atoms with Crippen LogP contribution in [0.3, 0.4) is 0 Å². The summed E-state index contributed by atoms with van der Waals surface area (Å²) in [7, 11) is 0. The molecule has 0 aliphatic rings. The minimum Gasteiger partial charge on any atom is -0.478 e. The fourth-order valence-electron chi connectivity index (χ4n) is 5.14. The van der Waals surface area contributed by atoms with E-state index in [2.05, 4.69) is 0 Å². The molecular formula is C48H36O24. The predicted molar refractivity (Wildman–Crippen MR) is 242 cm³/mol. The second kappa shape index (κ2) is 28.9. The molecule has 0 aliphatic heterocycles. The van der Waals surface area contributed by atoms with Crippen LogP contribution in [0.4, 0.5) is 0 Å². The Labute approximate surface area is 402 Å². The van der Waals surface area contributed by atoms with Crippen LogP contribution in [0.25, 0.3) is 0 Å². The Kier molecular flexibility index (Phi) is 23.7. The van der Waals surface area contributed by atoms with E-state index >= 15 is 0 Å². The van der Waals surface area contributed by atoms with Gasteiger partial charge in [0.2, 0.25) is 0 Å². The molecule has 0 saturated heterocycles. The molecule has 24 nitrogen and oxygen atoms in total. The Hall–Kier alpha value is -11.0. The summed E-state index contributed by atoms with van der Waals surface area (Å²) in [6, 6.07) is 32.9. The van der Waals surface area contributed by atoms with E-state index in [-0.39, 0.29) is 66.8 Å². The molecule has 0 amide bonds. The molecule has 0 aliphatic carbocycles. The van der Waals surface area contributed by atoms with Crippen molar-refractivity contribution in [1.29, 1.82) is 0 Å². The molecule has 0 spiro atoms. The van der Waals surface area contributed by atoms with Gasteiger partial charge < -0.3 is 61.3 Å². The van der Waals surface area contributed by atoms with Gasteiger partial charge in [0, 0.05) is 0 Å². The van der Waals surface area contributed by atoms with Gasteiger partial charge in [-0.1, -0.05) is 72.8 Å². The summed E-state index contributed by atoms with van der Waals surface area (Å²) >= 11 is 0. The second-order valence-electron chi connectivity index (χ2n) is 12.9. The molecule has 0 unspecified atom stereocenters. The summed E-state index contributed by atoms with van der Waals surface area (Å²) in [5.74, 6) is -14.7. The largest absolute Gasteiger partial charge is 0.478 e. The Bertz CT molecular complexity index is 2300. The van der Waals surface area contributed by atoms with Crippen LogP contribution >= 0.6 is 0 Å². The van der Waals surface area contributed by atoms with Crippen molar-refractivity contribution in [3.05, 3.63) is 212 Å². The van der Waals surface area contributed by atoms with Crippen LogP contribution in [0, 0.1) is 0 Å². The van der Waals surface area contributed by atoms with Crippen molar-refractivity contribution >= 4 is 71.6 Å². The molecule has 24 heteroatoms. The summed E-state index contributed by atoms with van der Waals surface area (Å²) in [5.41, 5.74) is -2.28. The second-order valence-corrected chi connectivity index (χ2v) is 12.9. The minimum absolute atomic E-state index is 0.190. The first-order valence-electron chi connectivity index (χ1n) is 19.1. The zero-order valence-electron chi connectivity index (χ0n) is 36.1. The average molecular weight is 997 g/mol. The van der Waals surface area contributed by atoms with Gasteiger partial charge >= 0.3 is 71.6 Å². The molecule has 12 N–H and O–H groups in total. The molecular weight excluding hydrogens is 961 g/mol. The first-order valence-corrected chi connectivity index (χ1v) is 19.1. The summed E-state index contributed by atoms with van der Waals surface area (Å²) in [5, 5.41) is 103. The number of benzene rings is 6. The van der Waals surface area contributed by atoms with Crippen LogP contribution in [0.1, 0.15) is 124 Å². The van der Waals surface area contributed by atoms with Crippen molar-refractivity contribution in [1.82, 2.24) is 0 Å². The summed E-state index contributed by atoms with van der Waals surface area (Å²) < 4.78 is 0. The smallest absolute Gasteiger partial charge is 0.336 e. The third-order valence-electron chi connectivity index (χ3n) is 8.33. The van der Waals surface area contributed by atoms with Crippen molar-refractivity contribution in [3.8, 4) is 0 Å². The van der Waals surface area contributed by atoms with Crippen LogP contribution < -0.4 is 0 Å². The van der Waals surface area contributed by atoms with Crippen LogP contribution in [-0.2, 0) is 0 Å². The molecule has 72 heavy (non-hydrogen) atoms. The number of carboxylic acid groups (broad SMARTS) is 12. The Morgan fingerprint density at radius 3 is 0.250 bits per heavy atom. The zero-order chi connectivity index (χ0) is 54.8. The summed E-state index contributed by atoms with van der Waals surface area (Å²) in [6.07, 6.45) is 0. The lowest BCUT2D eigenvalue weighted by Crippen LogP contribution is -2.06. The van der Waals surface area contributed by atoms with Crippen molar-refractivity contribution in [2.45, 2.75) is 0 Å². The van der Waals surface area contributed by atoms with Gasteiger partial charge in [-0.15, -0.1) is 0 Å². The normalized spacial score (nSPS) is 9.33. The maximum absolute atomic E-state index is 10.5. The van der Waals surface area contributed by atoms with Crippen LogP contribution in [0.15, 0.2) is 146 Å². The van der Waals surface area contributed by atoms with Gasteiger partial charge in [-0.3, -0.25) is 0 Å². The Balaban J connectivity index is 0.000000432. The van der Waals surface area contributed by atoms with Gasteiger partial charge in [0.05, 0.1) is 66.8 Å². The van der Waals surface area contributed by atoms with E-state index in [9.17, 15) is 57.5 Å². The third-order valence-corrected chi connectivity index (χ3v) is 8.33. The lowest BCUT2D eigenvalue weighted by Gasteiger charge is -1.98. The standard InChI is InChI=1S/6C8H6O4/c6*9-7(10)5-3-1-2-4-6(5)8(11)12/h6*1-4H,(H,9,10)(H,11,12). The highest BCUT2D eigenvalue weighted by molar-refractivity contribution is 6.05. The van der Waals surface area contributed by atoms with E-state index in [0.29, 0.717) is 0 Å². The number of carboxylic acids is 12. The number of hydrogen-bond acceptors (Lipinski definition) is 12. The SMILES string of the molecule is O=C(O)c1ccccc1C(=O)O.O=C(O)c1ccccc1C(=O)O.O=C(O)c1ccccc1C(=O)O.O=C(O)c1ccccc1C(=O)O.O=C(O)c1ccccc1C(=O)O.O=C(O)c1ccccc1C(=O)O. The van der Waals surface area contributed by atoms with Crippen LogP contribution in [0.2, 0.25) is 0 Å². The first kappa shape index (κ1) is 59.0. The summed E-state index contributed by atoms with van der Waals surface area (Å²) in [6.45, 7) is 0. The lowest BCUT2D eigenvalue weighted by molar-refractivity contribution is 0.0651. The van der Waals surface area contributed by atoms with Gasteiger partial charge in [0.15, 0.2) is 0 Å². The molecule has 0 bridgehead atoms. The molecule has 0 fully saturated rings. The number of rotatable bonds is 12.